The number of Topliss-reactive ketones (excluding diaryl/α,β-unsaturated/α-hetero) is 2. The van der Waals surface area contributed by atoms with Crippen molar-refractivity contribution in [3.63, 3.8) is 0 Å². The second kappa shape index (κ2) is 21.9. The number of hydrogen-bond acceptors (Lipinski definition) is 22. The summed E-state index contributed by atoms with van der Waals surface area (Å²) in [6.45, 7) is 6.11. The fraction of sp³-hybridized carbons (Fsp3) is 0.419. The van der Waals surface area contributed by atoms with E-state index in [-0.39, 0.29) is 81.9 Å². The maximum absolute atomic E-state index is 14.1. The number of aromatic hydroxyl groups is 4. The quantitative estimate of drug-likeness (QED) is 0.0687. The third-order valence-corrected chi connectivity index (χ3v) is 17.7. The number of fused-ring (bicyclic) bond motifs is 6. The van der Waals surface area contributed by atoms with Gasteiger partial charge in [-0.15, -0.1) is 0 Å². The summed E-state index contributed by atoms with van der Waals surface area (Å²) < 4.78 is 35.9. The second-order valence-electron chi connectivity index (χ2n) is 22.7. The molecule has 0 radical (unpaired) electrons. The molecule has 8 unspecified atom stereocenters. The molecule has 84 heavy (non-hydrogen) atoms. The van der Waals surface area contributed by atoms with Gasteiger partial charge in [-0.2, -0.15) is 0 Å². The van der Waals surface area contributed by atoms with Crippen molar-refractivity contribution in [2.75, 3.05) is 14.2 Å². The molecule has 0 spiro atoms. The molecule has 0 bridgehead atoms. The summed E-state index contributed by atoms with van der Waals surface area (Å²) in [6.07, 6.45) is -10.5. The fourth-order valence-corrected chi connectivity index (χ4v) is 12.9. The molecule has 4 aliphatic carbocycles. The minimum Gasteiger partial charge on any atom is -0.507 e. The van der Waals surface area contributed by atoms with E-state index in [0.29, 0.717) is 0 Å². The van der Waals surface area contributed by atoms with Crippen molar-refractivity contribution < 1.29 is 98.0 Å². The third kappa shape index (κ3) is 9.63. The van der Waals surface area contributed by atoms with Gasteiger partial charge in [0.1, 0.15) is 45.7 Å². The van der Waals surface area contributed by atoms with Crippen molar-refractivity contribution >= 4 is 34.7 Å². The van der Waals surface area contributed by atoms with Gasteiger partial charge >= 0.3 is 0 Å². The van der Waals surface area contributed by atoms with Crippen molar-refractivity contribution in [2.24, 2.45) is 0 Å². The SMILES string of the molecule is COc1cccc2c1C(=O)c1c(O)c3c(c(O)c1C2=O)C[C@@](O)(C(C)=O)C[C@@H]3OC1CC(NCc2ccc(CNC3CC(O[C@H]4C[C@](O)(C(C)=O)Cc5c(O)c6c(c(O)c54)C(=O)c4c(OC)cccc4C6=O)OC(C)C3O)cc2)C(O)C(C)O1. The monoisotopic (exact) mass is 1160 g/mol. The molecule has 0 aromatic heterocycles. The van der Waals surface area contributed by atoms with Gasteiger partial charge in [0.05, 0.1) is 84.2 Å². The lowest BCUT2D eigenvalue weighted by Crippen LogP contribution is -2.54. The average molecular weight is 1160 g/mol. The maximum Gasteiger partial charge on any atom is 0.202 e. The highest BCUT2D eigenvalue weighted by Gasteiger charge is 2.52. The van der Waals surface area contributed by atoms with Gasteiger partial charge in [0, 0.05) is 97.1 Å². The van der Waals surface area contributed by atoms with Crippen LogP contribution < -0.4 is 20.1 Å². The molecule has 442 valence electrons. The lowest BCUT2D eigenvalue weighted by Gasteiger charge is -2.43. The number of ketones is 6. The van der Waals surface area contributed by atoms with Crippen LogP contribution in [0.4, 0.5) is 0 Å². The van der Waals surface area contributed by atoms with Gasteiger partial charge in [-0.3, -0.25) is 28.8 Å². The molecule has 2 heterocycles. The molecule has 0 amide bonds. The molecule has 22 heteroatoms. The first-order valence-corrected chi connectivity index (χ1v) is 27.6. The number of carbonyl (C=O) groups excluding carboxylic acids is 6. The van der Waals surface area contributed by atoms with E-state index in [1.54, 1.807) is 13.8 Å². The zero-order chi connectivity index (χ0) is 60.2. The second-order valence-corrected chi connectivity index (χ2v) is 22.7. The normalized spacial score (nSPS) is 28.7. The van der Waals surface area contributed by atoms with E-state index < -0.39 is 178 Å². The highest BCUT2D eigenvalue weighted by molar-refractivity contribution is 6.32. The predicted octanol–water partition coefficient (Wildman–Crippen LogP) is 4.03. The van der Waals surface area contributed by atoms with Gasteiger partial charge < -0.3 is 79.9 Å². The molecule has 0 saturated carbocycles. The van der Waals surface area contributed by atoms with Crippen LogP contribution in [-0.4, -0.2) is 150 Å². The van der Waals surface area contributed by atoms with E-state index in [0.717, 1.165) is 25.0 Å². The van der Waals surface area contributed by atoms with Crippen LogP contribution >= 0.6 is 0 Å². The smallest absolute Gasteiger partial charge is 0.202 e. The number of aliphatic hydroxyl groups is 4. The van der Waals surface area contributed by atoms with Gasteiger partial charge in [-0.25, -0.2) is 0 Å². The number of phenols is 4. The first-order valence-electron chi connectivity index (χ1n) is 27.6. The Morgan fingerprint density at radius 1 is 0.548 bits per heavy atom. The van der Waals surface area contributed by atoms with Crippen LogP contribution in [0.1, 0.15) is 163 Å². The Morgan fingerprint density at radius 3 is 1.25 bits per heavy atom. The first-order chi connectivity index (χ1) is 39.9. The topological polar surface area (TPSA) is 344 Å². The molecule has 12 atom stereocenters. The Kier molecular flexibility index (Phi) is 15.2. The Balaban J connectivity index is 0.763. The molecule has 2 aliphatic heterocycles. The fourth-order valence-electron chi connectivity index (χ4n) is 12.9. The average Bonchev–Trinajstić information content (AvgIpc) is 1.06. The molecule has 22 nitrogen and oxygen atoms in total. The third-order valence-electron chi connectivity index (χ3n) is 17.7. The van der Waals surface area contributed by atoms with Crippen LogP contribution in [0.2, 0.25) is 0 Å². The van der Waals surface area contributed by atoms with Gasteiger partial charge in [-0.1, -0.05) is 48.5 Å². The summed E-state index contributed by atoms with van der Waals surface area (Å²) in [6, 6.07) is 14.9. The van der Waals surface area contributed by atoms with E-state index in [9.17, 15) is 69.6 Å². The molecular formula is C62H64N2O20. The molecule has 10 N–H and O–H groups in total. The summed E-state index contributed by atoms with van der Waals surface area (Å²) in [5.41, 5.74) is -5.35. The molecule has 5 aromatic rings. The predicted molar refractivity (Wildman–Crippen MR) is 292 cm³/mol. The van der Waals surface area contributed by atoms with E-state index in [2.05, 4.69) is 10.6 Å². The Morgan fingerprint density at radius 2 is 0.905 bits per heavy atom. The lowest BCUT2D eigenvalue weighted by molar-refractivity contribution is -0.250. The Hall–Kier alpha value is -7.48. The maximum atomic E-state index is 14.1. The Bertz CT molecular complexity index is 3370. The van der Waals surface area contributed by atoms with Gasteiger partial charge in [-0.05, 0) is 51.0 Å². The number of nitrogens with one attached hydrogen (secondary N) is 2. The van der Waals surface area contributed by atoms with Crippen molar-refractivity contribution in [2.45, 2.75) is 152 Å². The molecule has 2 saturated heterocycles. The number of methoxy groups -OCH3 is 2. The number of aliphatic hydroxyl groups excluding tert-OH is 2. The van der Waals surface area contributed by atoms with Crippen LogP contribution in [0.3, 0.4) is 0 Å². The summed E-state index contributed by atoms with van der Waals surface area (Å²) in [7, 11) is 2.65. The van der Waals surface area contributed by atoms with Crippen LogP contribution in [0.5, 0.6) is 34.5 Å². The highest BCUT2D eigenvalue weighted by atomic mass is 16.7. The van der Waals surface area contributed by atoms with Gasteiger partial charge in [0.25, 0.3) is 0 Å². The van der Waals surface area contributed by atoms with E-state index in [1.807, 2.05) is 24.3 Å². The first kappa shape index (κ1) is 58.3. The zero-order valence-corrected chi connectivity index (χ0v) is 46.7. The largest absolute Gasteiger partial charge is 0.507 e. The number of phenolic OH excluding ortho intramolecular Hbond substituents is 4. The standard InChI is InChI=1S/C62H64N2O20/c1-25-51(67)35(17-41(81-25)83-39-21-61(77,27(3)65)19-33-45(39)59(75)49-47(55(33)71)53(69)31-9-7-11-37(79-5)43(31)57(49)73)63-23-29-13-15-30(16-14-29)24-64-36-18-42(82-26(2)52(36)68)84-40-22-62(78,28(4)66)20-34-46(40)60(76)50-48(56(34)72)54(70)32-10-8-12-38(80-6)44(32)58(50)74/h7-16,25-26,35-36,39-42,51-52,63-64,67-68,71-72,75-78H,17-24H2,1-6H3/t25?,26?,35?,36?,39-,40-,41?,42?,51?,52?,61-,62-/m0/s1. The number of carbonyl (C=O) groups is 6. The molecule has 2 fully saturated rings. The van der Waals surface area contributed by atoms with Gasteiger partial charge in [0.2, 0.25) is 11.6 Å². The van der Waals surface area contributed by atoms with E-state index in [4.69, 9.17) is 28.4 Å². The molecule has 5 aromatic carbocycles. The van der Waals surface area contributed by atoms with Crippen LogP contribution in [0.15, 0.2) is 60.7 Å². The van der Waals surface area contributed by atoms with Crippen molar-refractivity contribution in [3.05, 3.63) is 139 Å². The number of rotatable bonds is 14. The number of hydrogen-bond donors (Lipinski definition) is 10. The van der Waals surface area contributed by atoms with Crippen LogP contribution in [0, 0.1) is 0 Å². The van der Waals surface area contributed by atoms with Crippen LogP contribution in [0.25, 0.3) is 0 Å². The minimum absolute atomic E-state index is 0.0237. The molecule has 6 aliphatic rings. The zero-order valence-electron chi connectivity index (χ0n) is 46.7. The Labute approximate surface area is 480 Å². The summed E-state index contributed by atoms with van der Waals surface area (Å²) in [5.74, 6) is -7.00. The molecule has 11 rings (SSSR count). The van der Waals surface area contributed by atoms with Crippen molar-refractivity contribution in [1.82, 2.24) is 10.6 Å². The van der Waals surface area contributed by atoms with E-state index >= 15 is 0 Å². The minimum atomic E-state index is -2.12. The summed E-state index contributed by atoms with van der Waals surface area (Å²) in [4.78, 5) is 82.2. The van der Waals surface area contributed by atoms with Crippen molar-refractivity contribution in [1.29, 1.82) is 0 Å². The number of ether oxygens (including phenoxy) is 6. The van der Waals surface area contributed by atoms with Crippen molar-refractivity contribution in [3.8, 4) is 34.5 Å². The van der Waals surface area contributed by atoms with Gasteiger partial charge in [0.15, 0.2) is 35.7 Å². The summed E-state index contributed by atoms with van der Waals surface area (Å²) in [5, 5.41) is 100. The lowest BCUT2D eigenvalue weighted by atomic mass is 9.72. The number of benzene rings is 5. The highest BCUT2D eigenvalue weighted by Crippen LogP contribution is 2.55. The molecular weight excluding hydrogens is 1090 g/mol. The van der Waals surface area contributed by atoms with Crippen LogP contribution in [-0.2, 0) is 54.5 Å². The summed E-state index contributed by atoms with van der Waals surface area (Å²) >= 11 is 0. The van der Waals surface area contributed by atoms with E-state index in [1.165, 1.54) is 50.6 Å².